The van der Waals surface area contributed by atoms with Crippen molar-refractivity contribution < 1.29 is 4.92 Å². The molecule has 1 aromatic carbocycles. The van der Waals surface area contributed by atoms with E-state index in [1.165, 1.54) is 6.07 Å². The van der Waals surface area contributed by atoms with Gasteiger partial charge in [0.05, 0.1) is 4.92 Å². The summed E-state index contributed by atoms with van der Waals surface area (Å²) in [6.45, 7) is 1.53. The fourth-order valence-corrected chi connectivity index (χ4v) is 1.94. The van der Waals surface area contributed by atoms with Gasteiger partial charge in [0, 0.05) is 27.9 Å². The van der Waals surface area contributed by atoms with Crippen molar-refractivity contribution in [1.82, 2.24) is 0 Å². The molecule has 0 amide bonds. The second-order valence-corrected chi connectivity index (χ2v) is 4.51. The predicted molar refractivity (Wildman–Crippen MR) is 72.6 cm³/mol. The number of nitro groups is 1. The van der Waals surface area contributed by atoms with E-state index in [0.717, 1.165) is 28.6 Å². The third-order valence-electron chi connectivity index (χ3n) is 2.11. The zero-order valence-electron chi connectivity index (χ0n) is 8.78. The molecule has 0 radical (unpaired) electrons. The SMILES string of the molecule is NCCCCNc1ccc([N+](=O)[O-])cc1I. The molecule has 1 rings (SSSR count). The molecule has 0 aliphatic carbocycles. The van der Waals surface area contributed by atoms with Crippen molar-refractivity contribution in [2.45, 2.75) is 12.8 Å². The van der Waals surface area contributed by atoms with Crippen LogP contribution in [0, 0.1) is 13.7 Å². The van der Waals surface area contributed by atoms with Gasteiger partial charge in [0.2, 0.25) is 0 Å². The van der Waals surface area contributed by atoms with Crippen LogP contribution in [0.25, 0.3) is 0 Å². The Morgan fingerprint density at radius 1 is 1.44 bits per heavy atom. The largest absolute Gasteiger partial charge is 0.384 e. The summed E-state index contributed by atoms with van der Waals surface area (Å²) in [5.74, 6) is 0. The van der Waals surface area contributed by atoms with Crippen LogP contribution in [0.3, 0.4) is 0 Å². The van der Waals surface area contributed by atoms with Gasteiger partial charge < -0.3 is 11.1 Å². The molecule has 0 aliphatic heterocycles. The van der Waals surface area contributed by atoms with E-state index in [-0.39, 0.29) is 10.6 Å². The van der Waals surface area contributed by atoms with Crippen molar-refractivity contribution in [1.29, 1.82) is 0 Å². The lowest BCUT2D eigenvalue weighted by Crippen LogP contribution is -2.06. The summed E-state index contributed by atoms with van der Waals surface area (Å²) in [4.78, 5) is 10.1. The summed E-state index contributed by atoms with van der Waals surface area (Å²) >= 11 is 2.09. The number of hydrogen-bond donors (Lipinski definition) is 2. The smallest absolute Gasteiger partial charge is 0.270 e. The van der Waals surface area contributed by atoms with Gasteiger partial charge in [-0.15, -0.1) is 0 Å². The average Bonchev–Trinajstić information content (AvgIpc) is 2.26. The Kier molecular flexibility index (Phi) is 5.47. The van der Waals surface area contributed by atoms with E-state index in [4.69, 9.17) is 5.73 Å². The molecule has 6 heteroatoms. The minimum absolute atomic E-state index is 0.122. The van der Waals surface area contributed by atoms with E-state index in [1.54, 1.807) is 12.1 Å². The Morgan fingerprint density at radius 2 is 2.19 bits per heavy atom. The second-order valence-electron chi connectivity index (χ2n) is 3.34. The Bertz CT molecular complexity index is 371. The van der Waals surface area contributed by atoms with Gasteiger partial charge in [0.15, 0.2) is 0 Å². The molecule has 1 aromatic rings. The third-order valence-corrected chi connectivity index (χ3v) is 3.00. The highest BCUT2D eigenvalue weighted by Crippen LogP contribution is 2.23. The van der Waals surface area contributed by atoms with E-state index >= 15 is 0 Å². The first-order valence-electron chi connectivity index (χ1n) is 5.03. The van der Waals surface area contributed by atoms with E-state index in [1.807, 2.05) is 0 Å². The summed E-state index contributed by atoms with van der Waals surface area (Å²) < 4.78 is 0.861. The lowest BCUT2D eigenvalue weighted by atomic mass is 10.2. The number of anilines is 1. The number of nitrogens with two attached hydrogens (primary N) is 1. The maximum atomic E-state index is 10.5. The Hall–Kier alpha value is -0.890. The maximum absolute atomic E-state index is 10.5. The standard InChI is InChI=1S/C10H14IN3O2/c11-9-7-8(14(15)16)3-4-10(9)13-6-2-1-5-12/h3-4,7,13H,1-2,5-6,12H2. The lowest BCUT2D eigenvalue weighted by molar-refractivity contribution is -0.384. The zero-order valence-corrected chi connectivity index (χ0v) is 10.9. The van der Waals surface area contributed by atoms with Crippen LogP contribution in [-0.2, 0) is 0 Å². The summed E-state index contributed by atoms with van der Waals surface area (Å²) in [5.41, 5.74) is 6.44. The van der Waals surface area contributed by atoms with Crippen molar-refractivity contribution in [2.24, 2.45) is 5.73 Å². The summed E-state index contributed by atoms with van der Waals surface area (Å²) in [7, 11) is 0. The predicted octanol–water partition coefficient (Wildman–Crippen LogP) is 2.35. The van der Waals surface area contributed by atoms with Gasteiger partial charge >= 0.3 is 0 Å². The van der Waals surface area contributed by atoms with Gasteiger partial charge in [-0.1, -0.05) is 0 Å². The number of benzene rings is 1. The average molecular weight is 335 g/mol. The van der Waals surface area contributed by atoms with Gasteiger partial charge in [-0.05, 0) is 48.0 Å². The maximum Gasteiger partial charge on any atom is 0.270 e. The minimum Gasteiger partial charge on any atom is -0.384 e. The van der Waals surface area contributed by atoms with Crippen LogP contribution < -0.4 is 11.1 Å². The molecule has 0 saturated heterocycles. The number of unbranched alkanes of at least 4 members (excludes halogenated alkanes) is 1. The first-order chi connectivity index (χ1) is 7.65. The molecule has 0 saturated carbocycles. The van der Waals surface area contributed by atoms with Crippen molar-refractivity contribution in [3.8, 4) is 0 Å². The number of nitrogens with zero attached hydrogens (tertiary/aromatic N) is 1. The van der Waals surface area contributed by atoms with Crippen LogP contribution >= 0.6 is 22.6 Å². The van der Waals surface area contributed by atoms with Crippen molar-refractivity contribution >= 4 is 34.0 Å². The molecule has 0 heterocycles. The molecular formula is C10H14IN3O2. The number of nitrogens with one attached hydrogen (secondary N) is 1. The topological polar surface area (TPSA) is 81.2 Å². The number of halogens is 1. The second kappa shape index (κ2) is 6.64. The van der Waals surface area contributed by atoms with Gasteiger partial charge in [-0.25, -0.2) is 0 Å². The van der Waals surface area contributed by atoms with Crippen LogP contribution in [0.4, 0.5) is 11.4 Å². The quantitative estimate of drug-likeness (QED) is 0.362. The molecule has 0 fully saturated rings. The monoisotopic (exact) mass is 335 g/mol. The fraction of sp³-hybridized carbons (Fsp3) is 0.400. The number of nitro benzene ring substituents is 1. The molecule has 3 N–H and O–H groups in total. The van der Waals surface area contributed by atoms with Crippen LogP contribution in [0.1, 0.15) is 12.8 Å². The number of non-ortho nitro benzene ring substituents is 1. The molecular weight excluding hydrogens is 321 g/mol. The molecule has 0 aliphatic rings. The lowest BCUT2D eigenvalue weighted by Gasteiger charge is -2.07. The Labute approximate surface area is 108 Å². The molecule has 16 heavy (non-hydrogen) atoms. The van der Waals surface area contributed by atoms with Crippen LogP contribution in [0.2, 0.25) is 0 Å². The molecule has 5 nitrogen and oxygen atoms in total. The summed E-state index contributed by atoms with van der Waals surface area (Å²) in [5, 5.41) is 13.8. The zero-order chi connectivity index (χ0) is 12.0. The normalized spacial score (nSPS) is 10.1. The highest BCUT2D eigenvalue weighted by molar-refractivity contribution is 14.1. The highest BCUT2D eigenvalue weighted by atomic mass is 127. The van der Waals surface area contributed by atoms with E-state index in [0.29, 0.717) is 6.54 Å². The highest BCUT2D eigenvalue weighted by Gasteiger charge is 2.08. The summed E-state index contributed by atoms with van der Waals surface area (Å²) in [6, 6.07) is 4.81. The molecule has 0 spiro atoms. The van der Waals surface area contributed by atoms with Crippen LogP contribution in [-0.4, -0.2) is 18.0 Å². The van der Waals surface area contributed by atoms with Gasteiger partial charge in [0.1, 0.15) is 0 Å². The van der Waals surface area contributed by atoms with Crippen LogP contribution in [0.5, 0.6) is 0 Å². The van der Waals surface area contributed by atoms with Crippen molar-refractivity contribution in [3.05, 3.63) is 31.9 Å². The van der Waals surface area contributed by atoms with Crippen molar-refractivity contribution in [2.75, 3.05) is 18.4 Å². The van der Waals surface area contributed by atoms with Gasteiger partial charge in [0.25, 0.3) is 5.69 Å². The fourth-order valence-electron chi connectivity index (χ4n) is 1.25. The molecule has 88 valence electrons. The number of rotatable bonds is 6. The van der Waals surface area contributed by atoms with Gasteiger partial charge in [-0.3, -0.25) is 10.1 Å². The van der Waals surface area contributed by atoms with Gasteiger partial charge in [-0.2, -0.15) is 0 Å². The van der Waals surface area contributed by atoms with E-state index < -0.39 is 0 Å². The molecule has 0 atom stereocenters. The Balaban J connectivity index is 2.57. The van der Waals surface area contributed by atoms with E-state index in [2.05, 4.69) is 27.9 Å². The molecule has 0 bridgehead atoms. The molecule has 0 aromatic heterocycles. The van der Waals surface area contributed by atoms with Crippen LogP contribution in [0.15, 0.2) is 18.2 Å². The minimum atomic E-state index is -0.389. The Morgan fingerprint density at radius 3 is 2.75 bits per heavy atom. The number of hydrogen-bond acceptors (Lipinski definition) is 4. The molecule has 0 unspecified atom stereocenters. The summed E-state index contributed by atoms with van der Waals surface area (Å²) in [6.07, 6.45) is 1.99. The first-order valence-corrected chi connectivity index (χ1v) is 6.11. The van der Waals surface area contributed by atoms with Crippen molar-refractivity contribution in [3.63, 3.8) is 0 Å². The third kappa shape index (κ3) is 3.93. The first kappa shape index (κ1) is 13.2. The van der Waals surface area contributed by atoms with E-state index in [9.17, 15) is 10.1 Å².